The van der Waals surface area contributed by atoms with Crippen LogP contribution in [0.2, 0.25) is 0 Å². The summed E-state index contributed by atoms with van der Waals surface area (Å²) in [6.45, 7) is 2.54. The lowest BCUT2D eigenvalue weighted by Gasteiger charge is -2.30. The molecular weight excluding hydrogens is 266 g/mol. The summed E-state index contributed by atoms with van der Waals surface area (Å²) in [5.41, 5.74) is 2.93. The van der Waals surface area contributed by atoms with Gasteiger partial charge in [0.2, 0.25) is 0 Å². The monoisotopic (exact) mass is 296 g/mol. The number of rotatable bonds is 9. The van der Waals surface area contributed by atoms with Gasteiger partial charge >= 0.3 is 0 Å². The standard InChI is InChI=1S/C21H30N/c1-22(2,19-11-17-21-14-7-4-8-15-21)18-10-9-16-20-12-5-3-6-13-20/h3-8,12-15H,9-11,16-19H2,1-2H3/q+1. The highest BCUT2D eigenvalue weighted by Crippen LogP contribution is 2.10. The maximum atomic E-state index is 2.37. The van der Waals surface area contributed by atoms with Crippen molar-refractivity contribution in [2.75, 3.05) is 27.2 Å². The first-order valence-electron chi connectivity index (χ1n) is 8.56. The van der Waals surface area contributed by atoms with Gasteiger partial charge in [-0.3, -0.25) is 0 Å². The summed E-state index contributed by atoms with van der Waals surface area (Å²) < 4.78 is 1.14. The predicted octanol–water partition coefficient (Wildman–Crippen LogP) is 4.72. The number of hydrogen-bond acceptors (Lipinski definition) is 0. The van der Waals surface area contributed by atoms with Crippen molar-refractivity contribution in [2.24, 2.45) is 0 Å². The molecule has 0 saturated carbocycles. The highest BCUT2D eigenvalue weighted by molar-refractivity contribution is 5.15. The molecule has 0 aliphatic rings. The van der Waals surface area contributed by atoms with Crippen molar-refractivity contribution in [3.63, 3.8) is 0 Å². The van der Waals surface area contributed by atoms with E-state index >= 15 is 0 Å². The van der Waals surface area contributed by atoms with Gasteiger partial charge < -0.3 is 4.48 Å². The SMILES string of the molecule is C[N+](C)(CCCCc1ccccc1)CCCc1ccccc1. The summed E-state index contributed by atoms with van der Waals surface area (Å²) in [5.74, 6) is 0. The van der Waals surface area contributed by atoms with Crippen LogP contribution in [-0.2, 0) is 12.8 Å². The lowest BCUT2D eigenvalue weighted by Crippen LogP contribution is -2.41. The average Bonchev–Trinajstić information content (AvgIpc) is 2.53. The molecule has 0 aliphatic carbocycles. The summed E-state index contributed by atoms with van der Waals surface area (Å²) in [5, 5.41) is 0. The molecule has 0 spiro atoms. The lowest BCUT2D eigenvalue weighted by molar-refractivity contribution is -0.890. The fraction of sp³-hybridized carbons (Fsp3) is 0.429. The molecule has 0 unspecified atom stereocenters. The summed E-state index contributed by atoms with van der Waals surface area (Å²) >= 11 is 0. The number of quaternary nitrogens is 1. The molecule has 1 nitrogen and oxygen atoms in total. The minimum absolute atomic E-state index is 1.14. The quantitative estimate of drug-likeness (QED) is 0.464. The summed E-state index contributed by atoms with van der Waals surface area (Å²) in [7, 11) is 4.74. The molecule has 0 N–H and O–H groups in total. The smallest absolute Gasteiger partial charge is 0.0785 e. The molecule has 0 bridgehead atoms. The lowest BCUT2D eigenvalue weighted by atomic mass is 10.1. The predicted molar refractivity (Wildman–Crippen MR) is 96.0 cm³/mol. The van der Waals surface area contributed by atoms with Gasteiger partial charge in [-0.05, 0) is 36.8 Å². The van der Waals surface area contributed by atoms with E-state index in [4.69, 9.17) is 0 Å². The van der Waals surface area contributed by atoms with Gasteiger partial charge in [-0.2, -0.15) is 0 Å². The minimum atomic E-state index is 1.14. The number of hydrogen-bond donors (Lipinski definition) is 0. The maximum Gasteiger partial charge on any atom is 0.0785 e. The zero-order valence-electron chi connectivity index (χ0n) is 14.2. The number of nitrogens with zero attached hydrogens (tertiary/aromatic N) is 1. The molecule has 0 aliphatic heterocycles. The molecule has 2 aromatic carbocycles. The Morgan fingerprint density at radius 3 is 1.59 bits per heavy atom. The largest absolute Gasteiger partial charge is 0.328 e. The van der Waals surface area contributed by atoms with Crippen molar-refractivity contribution in [1.29, 1.82) is 0 Å². The molecule has 0 heterocycles. The van der Waals surface area contributed by atoms with Crippen molar-refractivity contribution in [3.05, 3.63) is 71.8 Å². The van der Waals surface area contributed by atoms with Crippen LogP contribution in [0.4, 0.5) is 0 Å². The van der Waals surface area contributed by atoms with Crippen LogP contribution >= 0.6 is 0 Å². The Balaban J connectivity index is 1.61. The van der Waals surface area contributed by atoms with Crippen LogP contribution in [0, 0.1) is 0 Å². The van der Waals surface area contributed by atoms with Crippen LogP contribution in [0.1, 0.15) is 30.4 Å². The van der Waals surface area contributed by atoms with Crippen LogP contribution in [0.5, 0.6) is 0 Å². The first-order valence-corrected chi connectivity index (χ1v) is 8.56. The fourth-order valence-electron chi connectivity index (χ4n) is 2.98. The highest BCUT2D eigenvalue weighted by Gasteiger charge is 2.13. The van der Waals surface area contributed by atoms with Crippen molar-refractivity contribution in [3.8, 4) is 0 Å². The Morgan fingerprint density at radius 1 is 0.591 bits per heavy atom. The molecule has 1 heteroatoms. The van der Waals surface area contributed by atoms with E-state index in [1.807, 2.05) is 0 Å². The highest BCUT2D eigenvalue weighted by atomic mass is 15.3. The van der Waals surface area contributed by atoms with Gasteiger partial charge in [-0.1, -0.05) is 60.7 Å². The van der Waals surface area contributed by atoms with E-state index in [0.29, 0.717) is 0 Å². The summed E-state index contributed by atoms with van der Waals surface area (Å²) in [6.07, 6.45) is 6.30. The Labute approximate surface area is 136 Å². The summed E-state index contributed by atoms with van der Waals surface area (Å²) in [6, 6.07) is 21.7. The van der Waals surface area contributed by atoms with Crippen LogP contribution in [0.25, 0.3) is 0 Å². The van der Waals surface area contributed by atoms with Gasteiger partial charge in [0.25, 0.3) is 0 Å². The van der Waals surface area contributed by atoms with E-state index in [2.05, 4.69) is 74.8 Å². The average molecular weight is 296 g/mol. The third-order valence-electron chi connectivity index (χ3n) is 4.39. The second-order valence-electron chi connectivity index (χ2n) is 6.91. The fourth-order valence-corrected chi connectivity index (χ4v) is 2.98. The van der Waals surface area contributed by atoms with Crippen LogP contribution in [0.3, 0.4) is 0 Å². The van der Waals surface area contributed by atoms with E-state index in [1.54, 1.807) is 0 Å². The third-order valence-corrected chi connectivity index (χ3v) is 4.39. The molecule has 2 rings (SSSR count). The van der Waals surface area contributed by atoms with Gasteiger partial charge in [-0.25, -0.2) is 0 Å². The van der Waals surface area contributed by atoms with E-state index in [-0.39, 0.29) is 0 Å². The Morgan fingerprint density at radius 2 is 1.05 bits per heavy atom. The second kappa shape index (κ2) is 8.75. The van der Waals surface area contributed by atoms with E-state index in [0.717, 1.165) is 4.48 Å². The second-order valence-corrected chi connectivity index (χ2v) is 6.91. The maximum absolute atomic E-state index is 2.37. The van der Waals surface area contributed by atoms with Gasteiger partial charge in [0.1, 0.15) is 0 Å². The van der Waals surface area contributed by atoms with Crippen molar-refractivity contribution < 1.29 is 4.48 Å². The molecule has 0 fully saturated rings. The molecular formula is C21H30N+. The van der Waals surface area contributed by atoms with Gasteiger partial charge in [-0.15, -0.1) is 0 Å². The van der Waals surface area contributed by atoms with Gasteiger partial charge in [0, 0.05) is 6.42 Å². The molecule has 0 radical (unpaired) electrons. The Kier molecular flexibility index (Phi) is 6.67. The molecule has 0 atom stereocenters. The molecule has 118 valence electrons. The van der Waals surface area contributed by atoms with E-state index in [9.17, 15) is 0 Å². The number of benzene rings is 2. The summed E-state index contributed by atoms with van der Waals surface area (Å²) in [4.78, 5) is 0. The third kappa shape index (κ3) is 6.44. The van der Waals surface area contributed by atoms with Gasteiger partial charge in [0.15, 0.2) is 0 Å². The minimum Gasteiger partial charge on any atom is -0.328 e. The molecule has 0 aromatic heterocycles. The normalized spacial score (nSPS) is 11.5. The Bertz CT molecular complexity index is 516. The van der Waals surface area contributed by atoms with Crippen LogP contribution < -0.4 is 0 Å². The number of aryl methyl sites for hydroxylation is 2. The molecule has 2 aromatic rings. The Hall–Kier alpha value is -1.60. The van der Waals surface area contributed by atoms with Crippen molar-refractivity contribution in [1.82, 2.24) is 0 Å². The van der Waals surface area contributed by atoms with E-state index < -0.39 is 0 Å². The molecule has 0 saturated heterocycles. The number of unbranched alkanes of at least 4 members (excludes halogenated alkanes) is 1. The van der Waals surface area contributed by atoms with Gasteiger partial charge in [0.05, 0.1) is 27.2 Å². The van der Waals surface area contributed by atoms with Crippen molar-refractivity contribution >= 4 is 0 Å². The van der Waals surface area contributed by atoms with Crippen molar-refractivity contribution in [2.45, 2.75) is 32.1 Å². The zero-order chi connectivity index (χ0) is 15.7. The molecule has 0 amide bonds. The zero-order valence-corrected chi connectivity index (χ0v) is 14.2. The topological polar surface area (TPSA) is 0 Å². The molecule has 22 heavy (non-hydrogen) atoms. The first kappa shape index (κ1) is 16.8. The van der Waals surface area contributed by atoms with E-state index in [1.165, 1.54) is 56.3 Å². The first-order chi connectivity index (χ1) is 10.7. The van der Waals surface area contributed by atoms with Crippen LogP contribution in [0.15, 0.2) is 60.7 Å². The van der Waals surface area contributed by atoms with Crippen LogP contribution in [-0.4, -0.2) is 31.7 Å².